The Morgan fingerprint density at radius 1 is 1.21 bits per heavy atom. The molecule has 2 heterocycles. The third-order valence-corrected chi connectivity index (χ3v) is 6.77. The Kier molecular flexibility index (Phi) is 8.91. The van der Waals surface area contributed by atoms with Gasteiger partial charge >= 0.3 is 12.1 Å². The van der Waals surface area contributed by atoms with Gasteiger partial charge in [0.1, 0.15) is 5.75 Å². The Morgan fingerprint density at radius 3 is 2.58 bits per heavy atom. The molecule has 0 aliphatic carbocycles. The van der Waals surface area contributed by atoms with E-state index in [1.165, 1.54) is 12.1 Å². The zero-order chi connectivity index (χ0) is 27.2. The van der Waals surface area contributed by atoms with Gasteiger partial charge < -0.3 is 30.3 Å². The number of nitrogens with one attached hydrogen (secondary N) is 2. The lowest BCUT2D eigenvalue weighted by molar-refractivity contribution is -0.137. The van der Waals surface area contributed by atoms with Crippen molar-refractivity contribution in [2.45, 2.75) is 25.3 Å². The molecule has 200 valence electrons. The minimum atomic E-state index is -1.53. The summed E-state index contributed by atoms with van der Waals surface area (Å²) in [7, 11) is 0. The van der Waals surface area contributed by atoms with Gasteiger partial charge in [0.15, 0.2) is 5.75 Å². The second-order valence-electron chi connectivity index (χ2n) is 8.82. The average Bonchev–Trinajstić information content (AvgIpc) is 2.88. The molecular weight excluding hydrogens is 537 g/mol. The number of ether oxygens (including phenoxy) is 3. The number of fused-ring (bicyclic) bond motifs is 1. The van der Waals surface area contributed by atoms with E-state index < -0.39 is 18.1 Å². The fourth-order valence-corrected chi connectivity index (χ4v) is 4.86. The summed E-state index contributed by atoms with van der Waals surface area (Å²) in [6.45, 7) is 2.86. The monoisotopic (exact) mass is 561 g/mol. The highest BCUT2D eigenvalue weighted by molar-refractivity contribution is 6.37. The normalized spacial score (nSPS) is 16.2. The SMILES string of the molecule is N#CC(NNc1cc(Cl)c(Oc2ccc3c(c2)CCN(CC2CCOCC2)C3=O)c(Cl)c1)C(=O)OC(N)=O. The number of nitriles is 1. The van der Waals surface area contributed by atoms with Crippen LogP contribution in [0.25, 0.3) is 0 Å². The van der Waals surface area contributed by atoms with Crippen molar-refractivity contribution in [1.82, 2.24) is 10.3 Å². The van der Waals surface area contributed by atoms with Crippen molar-refractivity contribution in [2.24, 2.45) is 11.7 Å². The van der Waals surface area contributed by atoms with E-state index in [2.05, 4.69) is 15.6 Å². The number of benzene rings is 2. The molecule has 1 atom stereocenters. The fraction of sp³-hybridized carbons (Fsp3) is 0.360. The molecule has 1 unspecified atom stereocenters. The van der Waals surface area contributed by atoms with Crippen molar-refractivity contribution in [3.8, 4) is 17.6 Å². The molecule has 2 aromatic carbocycles. The summed E-state index contributed by atoms with van der Waals surface area (Å²) >= 11 is 12.8. The predicted octanol–water partition coefficient (Wildman–Crippen LogP) is 3.64. The molecule has 2 aliphatic heterocycles. The molecule has 13 heteroatoms. The molecule has 2 amide bonds. The third kappa shape index (κ3) is 6.65. The van der Waals surface area contributed by atoms with Crippen molar-refractivity contribution in [3.05, 3.63) is 51.5 Å². The first-order valence-corrected chi connectivity index (χ1v) is 12.6. The van der Waals surface area contributed by atoms with Gasteiger partial charge in [-0.25, -0.2) is 15.0 Å². The number of amides is 2. The van der Waals surface area contributed by atoms with Crippen LogP contribution in [0.3, 0.4) is 0 Å². The van der Waals surface area contributed by atoms with E-state index in [0.717, 1.165) is 38.2 Å². The largest absolute Gasteiger partial charge is 0.454 e. The number of hydrazine groups is 1. The quantitative estimate of drug-likeness (QED) is 0.248. The number of nitrogens with two attached hydrogens (primary N) is 1. The lowest BCUT2D eigenvalue weighted by Gasteiger charge is -2.33. The molecule has 0 aromatic heterocycles. The van der Waals surface area contributed by atoms with Crippen LogP contribution in [0.5, 0.6) is 11.5 Å². The summed E-state index contributed by atoms with van der Waals surface area (Å²) < 4.78 is 15.5. The molecule has 1 fully saturated rings. The van der Waals surface area contributed by atoms with Crippen LogP contribution in [0, 0.1) is 17.2 Å². The first kappa shape index (κ1) is 27.5. The Labute approximate surface area is 228 Å². The van der Waals surface area contributed by atoms with Crippen LogP contribution < -0.4 is 21.3 Å². The summed E-state index contributed by atoms with van der Waals surface area (Å²) in [5, 5.41) is 9.38. The molecule has 38 heavy (non-hydrogen) atoms. The number of hydrogen-bond acceptors (Lipinski definition) is 9. The topological polar surface area (TPSA) is 156 Å². The summed E-state index contributed by atoms with van der Waals surface area (Å²) in [6.07, 6.45) is 1.31. The van der Waals surface area contributed by atoms with E-state index in [-0.39, 0.29) is 21.7 Å². The number of anilines is 1. The van der Waals surface area contributed by atoms with E-state index >= 15 is 0 Å². The Bertz CT molecular complexity index is 1250. The number of carbonyl (C=O) groups is 3. The number of nitrogens with zero attached hydrogens (tertiary/aromatic N) is 2. The highest BCUT2D eigenvalue weighted by Gasteiger charge is 2.28. The smallest absolute Gasteiger partial charge is 0.412 e. The molecule has 1 saturated heterocycles. The lowest BCUT2D eigenvalue weighted by atomic mass is 9.95. The third-order valence-electron chi connectivity index (χ3n) is 6.21. The van der Waals surface area contributed by atoms with Crippen molar-refractivity contribution < 1.29 is 28.6 Å². The summed E-state index contributed by atoms with van der Waals surface area (Å²) in [5.41, 5.74) is 11.6. The molecule has 0 radical (unpaired) electrons. The molecular formula is C25H25Cl2N5O6. The van der Waals surface area contributed by atoms with Gasteiger partial charge in [-0.15, -0.1) is 0 Å². The van der Waals surface area contributed by atoms with Crippen molar-refractivity contribution in [2.75, 3.05) is 31.7 Å². The fourth-order valence-electron chi connectivity index (χ4n) is 4.30. The van der Waals surface area contributed by atoms with Gasteiger partial charge in [0.05, 0.1) is 21.8 Å². The molecule has 4 N–H and O–H groups in total. The maximum absolute atomic E-state index is 13.1. The van der Waals surface area contributed by atoms with Gasteiger partial charge in [-0.1, -0.05) is 23.2 Å². The Hall–Kier alpha value is -3.56. The van der Waals surface area contributed by atoms with E-state index in [9.17, 15) is 14.4 Å². The summed E-state index contributed by atoms with van der Waals surface area (Å²) in [6, 6.07) is 8.26. The molecule has 4 rings (SSSR count). The van der Waals surface area contributed by atoms with E-state index in [1.54, 1.807) is 24.3 Å². The molecule has 11 nitrogen and oxygen atoms in total. The van der Waals surface area contributed by atoms with Crippen molar-refractivity contribution in [1.29, 1.82) is 5.26 Å². The molecule has 2 aliphatic rings. The summed E-state index contributed by atoms with van der Waals surface area (Å²) in [5.74, 6) is -0.0487. The second-order valence-corrected chi connectivity index (χ2v) is 9.63. The van der Waals surface area contributed by atoms with Crippen LogP contribution in [0.15, 0.2) is 30.3 Å². The number of carbonyl (C=O) groups excluding carboxylic acids is 3. The van der Waals surface area contributed by atoms with Crippen molar-refractivity contribution in [3.63, 3.8) is 0 Å². The molecule has 0 saturated carbocycles. The maximum atomic E-state index is 13.1. The second kappa shape index (κ2) is 12.3. The Balaban J connectivity index is 1.41. The van der Waals surface area contributed by atoms with Crippen LogP contribution in [-0.4, -0.2) is 55.2 Å². The average molecular weight is 562 g/mol. The van der Waals surface area contributed by atoms with E-state index in [0.29, 0.717) is 35.9 Å². The zero-order valence-corrected chi connectivity index (χ0v) is 21.7. The van der Waals surface area contributed by atoms with Crippen LogP contribution >= 0.6 is 23.2 Å². The highest BCUT2D eigenvalue weighted by atomic mass is 35.5. The van der Waals surface area contributed by atoms with E-state index in [4.69, 9.17) is 43.7 Å². The van der Waals surface area contributed by atoms with Gasteiger partial charge in [0.25, 0.3) is 5.91 Å². The maximum Gasteiger partial charge on any atom is 0.412 e. The van der Waals surface area contributed by atoms with E-state index in [1.807, 2.05) is 4.90 Å². The van der Waals surface area contributed by atoms with Crippen LogP contribution in [-0.2, 0) is 20.7 Å². The van der Waals surface area contributed by atoms with Crippen LogP contribution in [0.2, 0.25) is 10.0 Å². The van der Waals surface area contributed by atoms with Crippen LogP contribution in [0.4, 0.5) is 10.5 Å². The minimum Gasteiger partial charge on any atom is -0.454 e. The first-order valence-electron chi connectivity index (χ1n) is 11.8. The number of rotatable bonds is 8. The Morgan fingerprint density at radius 2 is 1.92 bits per heavy atom. The molecule has 2 aromatic rings. The van der Waals surface area contributed by atoms with Gasteiger partial charge in [0.2, 0.25) is 6.04 Å². The highest BCUT2D eigenvalue weighted by Crippen LogP contribution is 2.39. The van der Waals surface area contributed by atoms with Gasteiger partial charge in [-0.05, 0) is 61.1 Å². The van der Waals surface area contributed by atoms with Gasteiger partial charge in [-0.3, -0.25) is 4.79 Å². The first-order chi connectivity index (χ1) is 18.2. The molecule has 0 spiro atoms. The lowest BCUT2D eigenvalue weighted by Crippen LogP contribution is -2.41. The van der Waals surface area contributed by atoms with Gasteiger partial charge in [-0.2, -0.15) is 5.26 Å². The minimum absolute atomic E-state index is 0.0127. The predicted molar refractivity (Wildman–Crippen MR) is 138 cm³/mol. The number of hydrogen-bond donors (Lipinski definition) is 3. The van der Waals surface area contributed by atoms with Crippen LogP contribution in [0.1, 0.15) is 28.8 Å². The summed E-state index contributed by atoms with van der Waals surface area (Å²) in [4.78, 5) is 37.4. The standard InChI is InChI=1S/C25H25Cl2N5O6/c26-19-10-16(30-31-21(12-28)24(34)38-25(29)35)11-20(27)22(19)37-17-1-2-18-15(9-17)3-6-32(23(18)33)13-14-4-7-36-8-5-14/h1-2,9-11,14,21,30-31H,3-8,13H2,(H2,29,35). The number of halogens is 2. The zero-order valence-electron chi connectivity index (χ0n) is 20.2. The number of esters is 1. The van der Waals surface area contributed by atoms with Crippen molar-refractivity contribution >= 4 is 46.9 Å². The van der Waals surface area contributed by atoms with Gasteiger partial charge in [0, 0.05) is 31.9 Å². The molecule has 0 bridgehead atoms. The number of primary amides is 1.